The number of rotatable bonds is 5. The quantitative estimate of drug-likeness (QED) is 0.351. The molecule has 3 aromatic rings. The first kappa shape index (κ1) is 15.8. The van der Waals surface area contributed by atoms with E-state index in [9.17, 15) is 4.79 Å². The van der Waals surface area contributed by atoms with Crippen molar-refractivity contribution >= 4 is 37.9 Å². The Balaban J connectivity index is 2.54. The third kappa shape index (κ3) is 2.57. The van der Waals surface area contributed by atoms with Gasteiger partial charge in [0.05, 0.1) is 0 Å². The summed E-state index contributed by atoms with van der Waals surface area (Å²) in [6.07, 6.45) is 4.77. The van der Waals surface area contributed by atoms with Crippen LogP contribution in [0, 0.1) is 6.92 Å². The highest BCUT2D eigenvalue weighted by Gasteiger charge is 2.19. The number of allylic oxidation sites excluding steroid dienone is 2. The Morgan fingerprint density at radius 3 is 2.39 bits per heavy atom. The minimum atomic E-state index is -0.358. The van der Waals surface area contributed by atoms with Gasteiger partial charge in [0.25, 0.3) is 0 Å². The fourth-order valence-electron chi connectivity index (χ4n) is 2.97. The van der Waals surface area contributed by atoms with Crippen LogP contribution in [0.4, 0.5) is 0 Å². The highest BCUT2D eigenvalue weighted by Crippen LogP contribution is 2.36. The van der Waals surface area contributed by atoms with Gasteiger partial charge in [-0.25, -0.2) is 4.79 Å². The van der Waals surface area contributed by atoms with Crippen LogP contribution in [0.25, 0.3) is 21.9 Å². The van der Waals surface area contributed by atoms with Crippen LogP contribution >= 0.6 is 15.9 Å². The van der Waals surface area contributed by atoms with E-state index in [-0.39, 0.29) is 5.63 Å². The van der Waals surface area contributed by atoms with Gasteiger partial charge < -0.3 is 8.83 Å². The molecule has 0 spiro atoms. The average Bonchev–Trinajstić information content (AvgIpc) is 2.83. The first-order valence-corrected chi connectivity index (χ1v) is 8.51. The molecule has 0 amide bonds. The van der Waals surface area contributed by atoms with E-state index < -0.39 is 0 Å². The fraction of sp³-hybridized carbons (Fsp3) is 0.211. The predicted octanol–water partition coefficient (Wildman–Crippen LogP) is 5.20. The molecule has 0 atom stereocenters. The molecule has 118 valence electrons. The van der Waals surface area contributed by atoms with Crippen LogP contribution in [0.3, 0.4) is 0 Å². The zero-order valence-corrected chi connectivity index (χ0v) is 14.5. The molecule has 0 aliphatic heterocycles. The van der Waals surface area contributed by atoms with Crippen molar-refractivity contribution in [2.24, 2.45) is 0 Å². The summed E-state index contributed by atoms with van der Waals surface area (Å²) < 4.78 is 11.5. The van der Waals surface area contributed by atoms with Gasteiger partial charge in [0.1, 0.15) is 16.9 Å². The standard InChI is InChI=1S/C19H17BrO3/c1-4-6-12-8-17(21)23-18-13(7-5-2)19-15(9-14(12)18)16(10-20)11(3)22-19/h4-5,8-9H,1-2,6-7,10H2,3H3. The lowest BCUT2D eigenvalue weighted by Gasteiger charge is -2.08. The van der Waals surface area contributed by atoms with E-state index >= 15 is 0 Å². The molecule has 23 heavy (non-hydrogen) atoms. The van der Waals surface area contributed by atoms with Crippen LogP contribution in [0.5, 0.6) is 0 Å². The third-order valence-corrected chi connectivity index (χ3v) is 4.58. The van der Waals surface area contributed by atoms with E-state index in [1.54, 1.807) is 12.2 Å². The van der Waals surface area contributed by atoms with E-state index in [1.165, 1.54) is 6.07 Å². The zero-order chi connectivity index (χ0) is 16.6. The van der Waals surface area contributed by atoms with Crippen molar-refractivity contribution in [3.63, 3.8) is 0 Å². The van der Waals surface area contributed by atoms with Gasteiger partial charge in [0.15, 0.2) is 0 Å². The molecule has 3 rings (SSSR count). The number of benzene rings is 1. The van der Waals surface area contributed by atoms with Gasteiger partial charge in [0, 0.05) is 33.3 Å². The van der Waals surface area contributed by atoms with Crippen LogP contribution in [-0.4, -0.2) is 0 Å². The highest BCUT2D eigenvalue weighted by atomic mass is 79.9. The van der Waals surface area contributed by atoms with Crippen LogP contribution < -0.4 is 5.63 Å². The Labute approximate surface area is 142 Å². The summed E-state index contributed by atoms with van der Waals surface area (Å²) in [5.74, 6) is 0.866. The molecule has 0 radical (unpaired) electrons. The lowest BCUT2D eigenvalue weighted by Crippen LogP contribution is -2.02. The van der Waals surface area contributed by atoms with Crippen molar-refractivity contribution in [2.75, 3.05) is 0 Å². The van der Waals surface area contributed by atoms with Gasteiger partial charge in [-0.05, 0) is 31.4 Å². The monoisotopic (exact) mass is 372 g/mol. The highest BCUT2D eigenvalue weighted by molar-refractivity contribution is 9.08. The minimum absolute atomic E-state index is 0.358. The molecule has 0 N–H and O–H groups in total. The number of furan rings is 1. The first-order valence-electron chi connectivity index (χ1n) is 7.39. The fourth-order valence-corrected chi connectivity index (χ4v) is 3.67. The second-order valence-electron chi connectivity index (χ2n) is 5.46. The Morgan fingerprint density at radius 1 is 1.04 bits per heavy atom. The van der Waals surface area contributed by atoms with E-state index in [0.717, 1.165) is 38.8 Å². The lowest BCUT2D eigenvalue weighted by atomic mass is 9.98. The van der Waals surface area contributed by atoms with Crippen molar-refractivity contribution in [2.45, 2.75) is 25.1 Å². The van der Waals surface area contributed by atoms with E-state index in [0.29, 0.717) is 23.8 Å². The molecule has 0 bridgehead atoms. The Kier molecular flexibility index (Phi) is 4.26. The number of hydrogen-bond donors (Lipinski definition) is 0. The van der Waals surface area contributed by atoms with E-state index in [2.05, 4.69) is 29.1 Å². The molecule has 2 heterocycles. The van der Waals surface area contributed by atoms with Gasteiger partial charge >= 0.3 is 5.63 Å². The molecule has 2 aromatic heterocycles. The maximum absolute atomic E-state index is 11.9. The number of fused-ring (bicyclic) bond motifs is 2. The summed E-state index contributed by atoms with van der Waals surface area (Å²) in [5.41, 5.74) is 3.88. The molecule has 0 saturated carbocycles. The molecular weight excluding hydrogens is 356 g/mol. The maximum Gasteiger partial charge on any atom is 0.336 e. The summed E-state index contributed by atoms with van der Waals surface area (Å²) in [4.78, 5) is 11.9. The SMILES string of the molecule is C=CCc1cc(=O)oc2c(CC=C)c3oc(C)c(CBr)c3cc12. The minimum Gasteiger partial charge on any atom is -0.461 e. The van der Waals surface area contributed by atoms with Gasteiger partial charge in [-0.3, -0.25) is 0 Å². The molecule has 0 aliphatic carbocycles. The lowest BCUT2D eigenvalue weighted by molar-refractivity contribution is 0.549. The van der Waals surface area contributed by atoms with Crippen molar-refractivity contribution in [1.82, 2.24) is 0 Å². The normalized spacial score (nSPS) is 11.2. The van der Waals surface area contributed by atoms with Crippen molar-refractivity contribution in [3.8, 4) is 0 Å². The first-order chi connectivity index (χ1) is 11.1. The van der Waals surface area contributed by atoms with Gasteiger partial charge in [0.2, 0.25) is 0 Å². The molecular formula is C19H17BrO3. The summed E-state index contributed by atoms with van der Waals surface area (Å²) in [7, 11) is 0. The number of hydrogen-bond acceptors (Lipinski definition) is 3. The third-order valence-electron chi connectivity index (χ3n) is 4.02. The number of halogens is 1. The number of alkyl halides is 1. The van der Waals surface area contributed by atoms with Crippen LogP contribution in [0.2, 0.25) is 0 Å². The van der Waals surface area contributed by atoms with Crippen molar-refractivity contribution < 1.29 is 8.83 Å². The van der Waals surface area contributed by atoms with Gasteiger partial charge in [-0.1, -0.05) is 28.1 Å². The van der Waals surface area contributed by atoms with Crippen LogP contribution in [-0.2, 0) is 18.2 Å². The number of aryl methyl sites for hydroxylation is 1. The van der Waals surface area contributed by atoms with Crippen LogP contribution in [0.1, 0.15) is 22.5 Å². The second-order valence-corrected chi connectivity index (χ2v) is 6.02. The van der Waals surface area contributed by atoms with Gasteiger partial charge in [-0.15, -0.1) is 13.2 Å². The molecule has 3 nitrogen and oxygen atoms in total. The maximum atomic E-state index is 11.9. The molecule has 4 heteroatoms. The predicted molar refractivity (Wildman–Crippen MR) is 97.4 cm³/mol. The van der Waals surface area contributed by atoms with Crippen LogP contribution in [0.15, 0.2) is 51.1 Å². The van der Waals surface area contributed by atoms with Gasteiger partial charge in [-0.2, -0.15) is 0 Å². The molecule has 1 aromatic carbocycles. The van der Waals surface area contributed by atoms with Crippen molar-refractivity contribution in [1.29, 1.82) is 0 Å². The summed E-state index contributed by atoms with van der Waals surface area (Å²) in [5, 5.41) is 2.68. The smallest absolute Gasteiger partial charge is 0.336 e. The Hall–Kier alpha value is -2.07. The van der Waals surface area contributed by atoms with Crippen molar-refractivity contribution in [3.05, 3.63) is 70.3 Å². The molecule has 0 saturated heterocycles. The zero-order valence-electron chi connectivity index (χ0n) is 12.9. The average molecular weight is 373 g/mol. The topological polar surface area (TPSA) is 43.4 Å². The summed E-state index contributed by atoms with van der Waals surface area (Å²) in [6, 6.07) is 3.58. The molecule has 0 fully saturated rings. The molecule has 0 aliphatic rings. The Morgan fingerprint density at radius 2 is 1.74 bits per heavy atom. The second kappa shape index (κ2) is 6.20. The summed E-state index contributed by atoms with van der Waals surface area (Å²) >= 11 is 3.53. The van der Waals surface area contributed by atoms with E-state index in [4.69, 9.17) is 8.83 Å². The summed E-state index contributed by atoms with van der Waals surface area (Å²) in [6.45, 7) is 9.53. The molecule has 0 unspecified atom stereocenters. The van der Waals surface area contributed by atoms with E-state index in [1.807, 2.05) is 13.0 Å². The largest absolute Gasteiger partial charge is 0.461 e. The Bertz CT molecular complexity index is 976.